The van der Waals surface area contributed by atoms with Crippen LogP contribution in [0.1, 0.15) is 45.8 Å². The van der Waals surface area contributed by atoms with Crippen LogP contribution in [0.15, 0.2) is 77.8 Å². The highest BCUT2D eigenvalue weighted by atomic mass is 35.5. The molecule has 0 fully saturated rings. The quantitative estimate of drug-likeness (QED) is 0.135. The van der Waals surface area contributed by atoms with E-state index >= 15 is 0 Å². The van der Waals surface area contributed by atoms with Crippen molar-refractivity contribution in [3.05, 3.63) is 106 Å². The molecule has 35 heavy (non-hydrogen) atoms. The molecule has 1 atom stereocenters. The van der Waals surface area contributed by atoms with Crippen LogP contribution in [-0.2, 0) is 0 Å². The lowest BCUT2D eigenvalue weighted by Crippen LogP contribution is -2.19. The molecule has 2 aromatic carbocycles. The van der Waals surface area contributed by atoms with Crippen molar-refractivity contribution in [2.24, 2.45) is 0 Å². The van der Waals surface area contributed by atoms with Crippen molar-refractivity contribution in [2.75, 3.05) is 16.9 Å². The molecule has 0 bridgehead atoms. The van der Waals surface area contributed by atoms with E-state index in [2.05, 4.69) is 27.5 Å². The highest BCUT2D eigenvalue weighted by Gasteiger charge is 2.19. The fraction of sp³-hybridized carbons (Fsp3) is 0.148. The van der Waals surface area contributed by atoms with Crippen molar-refractivity contribution in [2.45, 2.75) is 24.7 Å². The van der Waals surface area contributed by atoms with Crippen LogP contribution in [0.4, 0.5) is 11.4 Å². The number of thioether (sulfide) groups is 1. The molecule has 0 aliphatic carbocycles. The van der Waals surface area contributed by atoms with Gasteiger partial charge in [-0.2, -0.15) is 0 Å². The molecule has 0 aliphatic heterocycles. The Morgan fingerprint density at radius 1 is 1.03 bits per heavy atom. The van der Waals surface area contributed by atoms with Crippen molar-refractivity contribution >= 4 is 57.9 Å². The fourth-order valence-electron chi connectivity index (χ4n) is 3.66. The average Bonchev–Trinajstić information content (AvgIpc) is 3.26. The lowest BCUT2D eigenvalue weighted by molar-refractivity contribution is 0.103. The molecule has 2 heterocycles. The highest BCUT2D eigenvalue weighted by Crippen LogP contribution is 2.26. The summed E-state index contributed by atoms with van der Waals surface area (Å²) in [5.74, 6) is -0.0798. The van der Waals surface area contributed by atoms with Gasteiger partial charge in [0.25, 0.3) is 0 Å². The molecule has 4 rings (SSSR count). The molecule has 1 unspecified atom stereocenters. The largest absolute Gasteiger partial charge is 0.355 e. The first-order valence-corrected chi connectivity index (χ1v) is 13.0. The number of carbonyl (C=O) groups excluding carboxylic acids is 1. The van der Waals surface area contributed by atoms with Gasteiger partial charge in [0.2, 0.25) is 5.78 Å². The number of halogens is 1. The first kappa shape index (κ1) is 25.0. The molecule has 0 spiro atoms. The van der Waals surface area contributed by atoms with Crippen molar-refractivity contribution in [1.29, 1.82) is 0 Å². The summed E-state index contributed by atoms with van der Waals surface area (Å²) in [5.41, 5.74) is 5.59. The summed E-state index contributed by atoms with van der Waals surface area (Å²) in [6.07, 6.45) is 3.80. The van der Waals surface area contributed by atoms with E-state index < -0.39 is 0 Å². The minimum Gasteiger partial charge on any atom is -0.355 e. The van der Waals surface area contributed by atoms with Crippen LogP contribution < -0.4 is 10.6 Å². The third-order valence-corrected chi connectivity index (χ3v) is 6.87. The Bertz CT molecular complexity index is 1330. The van der Waals surface area contributed by atoms with E-state index in [1.165, 1.54) is 4.90 Å². The number of thiocarbonyl (C=S) groups is 1. The second kappa shape index (κ2) is 11.1. The summed E-state index contributed by atoms with van der Waals surface area (Å²) in [6, 6.07) is 20.9. The Labute approximate surface area is 219 Å². The van der Waals surface area contributed by atoms with Gasteiger partial charge in [-0.1, -0.05) is 18.5 Å². The van der Waals surface area contributed by atoms with Crippen LogP contribution in [0, 0.1) is 6.92 Å². The number of aromatic nitrogens is 2. The third-order valence-electron chi connectivity index (χ3n) is 5.67. The number of hydrogen-bond acceptors (Lipinski definition) is 4. The number of nitrogens with zero attached hydrogens (tertiary/aromatic N) is 1. The van der Waals surface area contributed by atoms with Gasteiger partial charge >= 0.3 is 0 Å². The Hall–Kier alpha value is -3.13. The number of H-pyrrole nitrogens is 1. The summed E-state index contributed by atoms with van der Waals surface area (Å²) in [5, 5.41) is 7.44. The van der Waals surface area contributed by atoms with E-state index in [0.717, 1.165) is 28.3 Å². The molecule has 0 amide bonds. The van der Waals surface area contributed by atoms with E-state index in [1.54, 1.807) is 42.2 Å². The second-order valence-electron chi connectivity index (χ2n) is 8.12. The molecule has 0 radical (unpaired) electrons. The first-order chi connectivity index (χ1) is 16.8. The maximum absolute atomic E-state index is 12.9. The summed E-state index contributed by atoms with van der Waals surface area (Å²) < 4.78 is 0. The maximum Gasteiger partial charge on any atom is 0.209 e. The normalized spacial score (nSPS) is 11.7. The molecule has 3 N–H and O–H groups in total. The summed E-state index contributed by atoms with van der Waals surface area (Å²) in [4.78, 5) is 22.1. The van der Waals surface area contributed by atoms with Crippen LogP contribution in [0.3, 0.4) is 0 Å². The maximum atomic E-state index is 12.9. The van der Waals surface area contributed by atoms with Gasteiger partial charge in [0, 0.05) is 38.5 Å². The zero-order chi connectivity index (χ0) is 24.9. The predicted octanol–water partition coefficient (Wildman–Crippen LogP) is 7.29. The number of aromatic amines is 1. The monoisotopic (exact) mass is 520 g/mol. The predicted molar refractivity (Wildman–Crippen MR) is 150 cm³/mol. The number of nitrogens with one attached hydrogen (secondary N) is 3. The zero-order valence-corrected chi connectivity index (χ0v) is 21.9. The molecule has 0 aliphatic rings. The third kappa shape index (κ3) is 6.11. The molecule has 4 aromatic rings. The highest BCUT2D eigenvalue weighted by molar-refractivity contribution is 7.98. The van der Waals surface area contributed by atoms with Gasteiger partial charge in [-0.15, -0.1) is 11.8 Å². The zero-order valence-electron chi connectivity index (χ0n) is 19.6. The average molecular weight is 521 g/mol. The van der Waals surface area contributed by atoms with Crippen LogP contribution in [0.25, 0.3) is 0 Å². The van der Waals surface area contributed by atoms with Gasteiger partial charge in [0.15, 0.2) is 5.11 Å². The topological polar surface area (TPSA) is 69.8 Å². The molecule has 5 nitrogen and oxygen atoms in total. The number of hydrogen-bond donors (Lipinski definition) is 3. The number of anilines is 2. The SMILES string of the molecule is CSc1ccc(NC(=S)Nc2ccc(C(C)c3cc(C)c(C(=O)c4ccc(Cl)cc4)[nH]3)nc2)cc1. The number of pyridine rings is 1. The van der Waals surface area contributed by atoms with E-state index in [4.69, 9.17) is 23.8 Å². The van der Waals surface area contributed by atoms with Crippen LogP contribution in [0.5, 0.6) is 0 Å². The molecular formula is C27H25ClN4OS2. The summed E-state index contributed by atoms with van der Waals surface area (Å²) in [6.45, 7) is 3.99. The number of carbonyl (C=O) groups is 1. The fourth-order valence-corrected chi connectivity index (χ4v) is 4.43. The van der Waals surface area contributed by atoms with Gasteiger partial charge in [0.05, 0.1) is 17.6 Å². The minimum atomic E-state index is -0.0609. The summed E-state index contributed by atoms with van der Waals surface area (Å²) >= 11 is 13.1. The van der Waals surface area contributed by atoms with Gasteiger partial charge in [-0.25, -0.2) is 0 Å². The van der Waals surface area contributed by atoms with Gasteiger partial charge in [-0.05, 0) is 97.7 Å². The second-order valence-corrected chi connectivity index (χ2v) is 9.84. The van der Waals surface area contributed by atoms with E-state index in [-0.39, 0.29) is 11.7 Å². The van der Waals surface area contributed by atoms with Gasteiger partial charge in [-0.3, -0.25) is 9.78 Å². The van der Waals surface area contributed by atoms with Gasteiger partial charge in [0.1, 0.15) is 0 Å². The van der Waals surface area contributed by atoms with Crippen molar-refractivity contribution in [3.8, 4) is 0 Å². The van der Waals surface area contributed by atoms with Crippen LogP contribution >= 0.6 is 35.6 Å². The molecule has 178 valence electrons. The lowest BCUT2D eigenvalue weighted by atomic mass is 10.0. The molecule has 2 aromatic heterocycles. The Morgan fingerprint density at radius 2 is 1.69 bits per heavy atom. The van der Waals surface area contributed by atoms with Crippen molar-refractivity contribution in [1.82, 2.24) is 9.97 Å². The number of ketones is 1. The number of benzene rings is 2. The Balaban J connectivity index is 1.41. The van der Waals surface area contributed by atoms with Gasteiger partial charge < -0.3 is 15.6 Å². The summed E-state index contributed by atoms with van der Waals surface area (Å²) in [7, 11) is 0. The standard InChI is InChI=1S/C27H25ClN4OS2/c1-16-14-24(32-25(16)26(33)18-4-6-19(28)7-5-18)17(2)23-13-10-21(15-29-23)31-27(34)30-20-8-11-22(35-3)12-9-20/h4-15,17,32H,1-3H3,(H2,30,31,34). The lowest BCUT2D eigenvalue weighted by Gasteiger charge is -2.13. The Kier molecular flexibility index (Phi) is 7.90. The number of rotatable bonds is 7. The van der Waals surface area contributed by atoms with E-state index in [0.29, 0.717) is 21.4 Å². The van der Waals surface area contributed by atoms with Crippen LogP contribution in [-0.4, -0.2) is 27.1 Å². The molecular weight excluding hydrogens is 496 g/mol. The molecule has 8 heteroatoms. The Morgan fingerprint density at radius 3 is 2.31 bits per heavy atom. The first-order valence-electron chi connectivity index (χ1n) is 11.0. The number of aryl methyl sites for hydroxylation is 1. The van der Waals surface area contributed by atoms with Crippen molar-refractivity contribution in [3.63, 3.8) is 0 Å². The minimum absolute atomic E-state index is 0.0189. The molecule has 0 saturated heterocycles. The molecule has 0 saturated carbocycles. The van der Waals surface area contributed by atoms with Crippen LogP contribution in [0.2, 0.25) is 5.02 Å². The smallest absolute Gasteiger partial charge is 0.209 e. The van der Waals surface area contributed by atoms with Crippen molar-refractivity contribution < 1.29 is 4.79 Å². The van der Waals surface area contributed by atoms with E-state index in [1.807, 2.05) is 55.6 Å². The van der Waals surface area contributed by atoms with E-state index in [9.17, 15) is 4.79 Å².